The highest BCUT2D eigenvalue weighted by Gasteiger charge is 2.10. The van der Waals surface area contributed by atoms with E-state index in [1.54, 1.807) is 12.1 Å². The minimum atomic E-state index is -2.87. The molecule has 0 unspecified atom stereocenters. The molecule has 0 atom stereocenters. The van der Waals surface area contributed by atoms with Crippen molar-refractivity contribution in [1.82, 2.24) is 5.32 Å². The summed E-state index contributed by atoms with van der Waals surface area (Å²) in [5, 5.41) is 3.24. The molecule has 20 heavy (non-hydrogen) atoms. The number of rotatable bonds is 8. The van der Waals surface area contributed by atoms with Gasteiger partial charge in [0.25, 0.3) is 0 Å². The molecular weight excluding hydrogens is 264 g/mol. The molecule has 5 heteroatoms. The van der Waals surface area contributed by atoms with Crippen molar-refractivity contribution in [3.63, 3.8) is 0 Å². The van der Waals surface area contributed by atoms with Gasteiger partial charge in [-0.25, -0.2) is 0 Å². The molecular formula is C15H21F2NO2. The molecule has 0 aliphatic carbocycles. The summed E-state index contributed by atoms with van der Waals surface area (Å²) in [5.41, 5.74) is 2.01. The maximum Gasteiger partial charge on any atom is 0.387 e. The van der Waals surface area contributed by atoms with Gasteiger partial charge in [-0.2, -0.15) is 8.78 Å². The lowest BCUT2D eigenvalue weighted by molar-refractivity contribution is -0.0512. The lowest BCUT2D eigenvalue weighted by Gasteiger charge is -2.11. The highest BCUT2D eigenvalue weighted by atomic mass is 19.3. The third-order valence-electron chi connectivity index (χ3n) is 2.83. The Labute approximate surface area is 118 Å². The maximum absolute atomic E-state index is 12.4. The third-order valence-corrected chi connectivity index (χ3v) is 2.83. The summed E-state index contributed by atoms with van der Waals surface area (Å²) in [4.78, 5) is 0. The zero-order valence-corrected chi connectivity index (χ0v) is 12.1. The molecule has 0 spiro atoms. The third kappa shape index (κ3) is 5.17. The number of likely N-dealkylation sites (N-methyl/N-ethyl adjacent to an activating group) is 1. The first-order valence-corrected chi connectivity index (χ1v) is 6.63. The van der Waals surface area contributed by atoms with Crippen LogP contribution in [0.2, 0.25) is 0 Å². The fraction of sp³-hybridized carbons (Fsp3) is 0.467. The van der Waals surface area contributed by atoms with Gasteiger partial charge in [0, 0.05) is 6.54 Å². The molecule has 0 aliphatic rings. The normalized spacial score (nSPS) is 11.8. The van der Waals surface area contributed by atoms with E-state index in [1.165, 1.54) is 12.7 Å². The highest BCUT2D eigenvalue weighted by Crippen LogP contribution is 2.30. The smallest absolute Gasteiger partial charge is 0.387 e. The molecule has 0 amide bonds. The van der Waals surface area contributed by atoms with Crippen molar-refractivity contribution in [1.29, 1.82) is 0 Å². The van der Waals surface area contributed by atoms with Crippen LogP contribution in [0.15, 0.2) is 23.8 Å². The van der Waals surface area contributed by atoms with Crippen molar-refractivity contribution in [2.75, 3.05) is 20.2 Å². The zero-order valence-electron chi connectivity index (χ0n) is 12.1. The fourth-order valence-electron chi connectivity index (χ4n) is 1.77. The number of alkyl halides is 2. The zero-order chi connectivity index (χ0) is 15.0. The van der Waals surface area contributed by atoms with Crippen LogP contribution in [0.4, 0.5) is 8.78 Å². The number of hydrogen-bond donors (Lipinski definition) is 1. The Hall–Kier alpha value is -1.62. The number of halogens is 2. The van der Waals surface area contributed by atoms with Crippen molar-refractivity contribution in [3.05, 3.63) is 29.3 Å². The Kier molecular flexibility index (Phi) is 7.01. The van der Waals surface area contributed by atoms with Gasteiger partial charge in [-0.1, -0.05) is 31.6 Å². The molecule has 0 heterocycles. The average Bonchev–Trinajstić information content (AvgIpc) is 2.43. The Morgan fingerprint density at radius 2 is 2.05 bits per heavy atom. The number of benzene rings is 1. The average molecular weight is 285 g/mol. The Balaban J connectivity index is 2.97. The first kappa shape index (κ1) is 16.4. The van der Waals surface area contributed by atoms with Crippen LogP contribution < -0.4 is 14.8 Å². The van der Waals surface area contributed by atoms with Gasteiger partial charge >= 0.3 is 6.61 Å². The fourth-order valence-corrected chi connectivity index (χ4v) is 1.77. The van der Waals surface area contributed by atoms with Crippen molar-refractivity contribution < 1.29 is 18.3 Å². The summed E-state index contributed by atoms with van der Waals surface area (Å²) in [7, 11) is 1.42. The van der Waals surface area contributed by atoms with Crippen LogP contribution in [0.1, 0.15) is 25.8 Å². The minimum absolute atomic E-state index is 0.0511. The molecule has 1 N–H and O–H groups in total. The minimum Gasteiger partial charge on any atom is -0.493 e. The van der Waals surface area contributed by atoms with Crippen molar-refractivity contribution >= 4 is 6.08 Å². The summed E-state index contributed by atoms with van der Waals surface area (Å²) >= 11 is 0. The summed E-state index contributed by atoms with van der Waals surface area (Å²) in [6.07, 6.45) is 2.87. The van der Waals surface area contributed by atoms with Gasteiger partial charge in [-0.05, 0) is 30.7 Å². The molecule has 112 valence electrons. The van der Waals surface area contributed by atoms with Gasteiger partial charge < -0.3 is 14.8 Å². The second-order valence-corrected chi connectivity index (χ2v) is 4.23. The second kappa shape index (κ2) is 8.53. The molecule has 1 rings (SSSR count). The predicted molar refractivity (Wildman–Crippen MR) is 76.4 cm³/mol. The van der Waals surface area contributed by atoms with E-state index in [-0.39, 0.29) is 5.75 Å². The van der Waals surface area contributed by atoms with E-state index in [9.17, 15) is 8.78 Å². The van der Waals surface area contributed by atoms with Crippen LogP contribution in [0.25, 0.3) is 6.08 Å². The number of ether oxygens (including phenoxy) is 2. The van der Waals surface area contributed by atoms with Crippen LogP contribution in [0.3, 0.4) is 0 Å². The summed E-state index contributed by atoms with van der Waals surface area (Å²) in [6.45, 7) is 2.90. The standard InChI is InChI=1S/C15H21F2NO2/c1-4-11(10-18-5-2)8-12-6-7-13(19-3)14(9-12)20-15(16)17/h6-9,15,18H,4-5,10H2,1-3H3. The SMILES string of the molecule is CCNCC(=Cc1ccc(OC)c(OC(F)F)c1)CC. The largest absolute Gasteiger partial charge is 0.493 e. The summed E-state index contributed by atoms with van der Waals surface area (Å²) < 4.78 is 34.2. The molecule has 0 fully saturated rings. The van der Waals surface area contributed by atoms with Crippen LogP contribution >= 0.6 is 0 Å². The molecule has 1 aromatic rings. The molecule has 0 aromatic heterocycles. The van der Waals surface area contributed by atoms with E-state index in [0.29, 0.717) is 5.75 Å². The number of hydrogen-bond acceptors (Lipinski definition) is 3. The molecule has 3 nitrogen and oxygen atoms in total. The Morgan fingerprint density at radius 3 is 2.60 bits per heavy atom. The van der Waals surface area contributed by atoms with E-state index in [4.69, 9.17) is 4.74 Å². The van der Waals surface area contributed by atoms with Crippen LogP contribution in [0, 0.1) is 0 Å². The van der Waals surface area contributed by atoms with Crippen molar-refractivity contribution in [3.8, 4) is 11.5 Å². The topological polar surface area (TPSA) is 30.5 Å². The van der Waals surface area contributed by atoms with Crippen molar-refractivity contribution in [2.24, 2.45) is 0 Å². The van der Waals surface area contributed by atoms with Gasteiger partial charge in [0.1, 0.15) is 0 Å². The van der Waals surface area contributed by atoms with Crippen molar-refractivity contribution in [2.45, 2.75) is 26.9 Å². The molecule has 0 saturated heterocycles. The molecule has 0 aliphatic heterocycles. The first-order chi connectivity index (χ1) is 9.60. The monoisotopic (exact) mass is 285 g/mol. The molecule has 0 bridgehead atoms. The van der Waals surface area contributed by atoms with Crippen LogP contribution in [-0.2, 0) is 0 Å². The summed E-state index contributed by atoms with van der Waals surface area (Å²) in [5.74, 6) is 0.349. The summed E-state index contributed by atoms with van der Waals surface area (Å²) in [6, 6.07) is 5.01. The van der Waals surface area contributed by atoms with Gasteiger partial charge in [-0.15, -0.1) is 0 Å². The first-order valence-electron chi connectivity index (χ1n) is 6.63. The molecule has 0 saturated carbocycles. The maximum atomic E-state index is 12.4. The van der Waals surface area contributed by atoms with Crippen LogP contribution in [-0.4, -0.2) is 26.8 Å². The molecule has 1 aromatic carbocycles. The van der Waals surface area contributed by atoms with E-state index < -0.39 is 6.61 Å². The lowest BCUT2D eigenvalue weighted by Crippen LogP contribution is -2.15. The number of nitrogens with one attached hydrogen (secondary N) is 1. The Bertz CT molecular complexity index is 447. The van der Waals surface area contributed by atoms with Gasteiger partial charge in [0.2, 0.25) is 0 Å². The van der Waals surface area contributed by atoms with Gasteiger partial charge in [0.05, 0.1) is 7.11 Å². The quantitative estimate of drug-likeness (QED) is 0.790. The van der Waals surface area contributed by atoms with E-state index >= 15 is 0 Å². The van der Waals surface area contributed by atoms with Gasteiger partial charge in [0.15, 0.2) is 11.5 Å². The number of methoxy groups -OCH3 is 1. The predicted octanol–water partition coefficient (Wildman–Crippen LogP) is 3.70. The highest BCUT2D eigenvalue weighted by molar-refractivity contribution is 5.58. The van der Waals surface area contributed by atoms with Crippen LogP contribution in [0.5, 0.6) is 11.5 Å². The van der Waals surface area contributed by atoms with E-state index in [1.807, 2.05) is 19.1 Å². The lowest BCUT2D eigenvalue weighted by atomic mass is 10.1. The molecule has 0 radical (unpaired) electrons. The second-order valence-electron chi connectivity index (χ2n) is 4.23. The van der Waals surface area contributed by atoms with E-state index in [0.717, 1.165) is 25.1 Å². The van der Waals surface area contributed by atoms with E-state index in [2.05, 4.69) is 17.0 Å². The van der Waals surface area contributed by atoms with Gasteiger partial charge in [-0.3, -0.25) is 0 Å². The Morgan fingerprint density at radius 1 is 1.30 bits per heavy atom.